The molecular formula is C39H89N7. The van der Waals surface area contributed by atoms with Crippen molar-refractivity contribution in [2.45, 2.75) is 135 Å². The second-order valence-electron chi connectivity index (χ2n) is 8.57. The van der Waals surface area contributed by atoms with Crippen molar-refractivity contribution < 1.29 is 0 Å². The van der Waals surface area contributed by atoms with Crippen LogP contribution in [0, 0.1) is 0 Å². The summed E-state index contributed by atoms with van der Waals surface area (Å²) < 4.78 is 0. The van der Waals surface area contributed by atoms with Gasteiger partial charge in [-0.1, -0.05) is 116 Å². The highest BCUT2D eigenvalue weighted by Crippen LogP contribution is 2.04. The summed E-state index contributed by atoms with van der Waals surface area (Å²) in [6, 6.07) is 7.55. The zero-order valence-corrected chi connectivity index (χ0v) is 34.8. The summed E-state index contributed by atoms with van der Waals surface area (Å²) in [7, 11) is 6.54. The first kappa shape index (κ1) is 59.6. The first-order valence-corrected chi connectivity index (χ1v) is 19.2. The Balaban J connectivity index is -0.0000000757. The number of nitrogens with one attached hydrogen (secondary N) is 2. The maximum absolute atomic E-state index is 3.78. The first-order valence-electron chi connectivity index (χ1n) is 19.2. The number of piperazine rings is 1. The largest absolute Gasteiger partial charge is 0.317 e. The summed E-state index contributed by atoms with van der Waals surface area (Å²) in [5, 5.41) is 9.49. The Morgan fingerprint density at radius 1 is 0.413 bits per heavy atom. The number of piperidine rings is 2. The molecule has 3 fully saturated rings. The fourth-order valence-corrected chi connectivity index (χ4v) is 3.29. The van der Waals surface area contributed by atoms with E-state index in [1.807, 2.05) is 121 Å². The van der Waals surface area contributed by atoms with E-state index in [0.29, 0.717) is 0 Å². The Labute approximate surface area is 292 Å². The second kappa shape index (κ2) is 69.8. The van der Waals surface area contributed by atoms with Crippen LogP contribution in [0.4, 0.5) is 0 Å². The number of aromatic nitrogens is 3. The Bertz CT molecular complexity index is 500. The number of nitrogens with zero attached hydrogens (tertiary/aromatic N) is 5. The van der Waals surface area contributed by atoms with E-state index >= 15 is 0 Å². The molecule has 46 heavy (non-hydrogen) atoms. The van der Waals surface area contributed by atoms with Crippen molar-refractivity contribution >= 4 is 0 Å². The predicted octanol–water partition coefficient (Wildman–Crippen LogP) is 10.4. The van der Waals surface area contributed by atoms with Crippen molar-refractivity contribution in [3.8, 4) is 0 Å². The molecule has 2 aromatic heterocycles. The molecule has 0 aromatic carbocycles. The van der Waals surface area contributed by atoms with E-state index in [1.165, 1.54) is 90.9 Å². The quantitative estimate of drug-likeness (QED) is 0.294. The minimum absolute atomic E-state index is 1.23. The molecule has 0 radical (unpaired) electrons. The van der Waals surface area contributed by atoms with Crippen LogP contribution in [-0.4, -0.2) is 103 Å². The first-order chi connectivity index (χ1) is 22.7. The van der Waals surface area contributed by atoms with Crippen molar-refractivity contribution in [2.75, 3.05) is 73.5 Å². The summed E-state index contributed by atoms with van der Waals surface area (Å²) in [5.74, 6) is 0. The lowest BCUT2D eigenvalue weighted by Crippen LogP contribution is -2.42. The van der Waals surface area contributed by atoms with Gasteiger partial charge in [-0.15, -0.1) is 0 Å². The number of likely N-dealkylation sites (N-methyl/N-ethyl adjacent to an activating group) is 2. The van der Waals surface area contributed by atoms with Crippen LogP contribution >= 0.6 is 0 Å². The molecule has 0 spiro atoms. The van der Waals surface area contributed by atoms with E-state index in [1.54, 1.807) is 24.8 Å². The van der Waals surface area contributed by atoms with Crippen LogP contribution in [0.5, 0.6) is 0 Å². The standard InChI is InChI=1S/C6H14N2.C6H13N.C5H11N.C5H5N.C3H4N2.7C2H6/c1-7-3-5-8(2)6-4-7;1-7-5-3-2-4-6-7;2*1-2-4-6-5-3-1;1-2-4-5-3-1;7*1-2/h3-6H2,1-2H3;2-6H2,1H3;6H,1-5H2;1-5H;1-3H,(H,4,5);7*1-2H3. The monoisotopic (exact) mass is 656 g/mol. The third kappa shape index (κ3) is 65.0. The molecule has 2 N–H and O–H groups in total. The van der Waals surface area contributed by atoms with Gasteiger partial charge in [0.2, 0.25) is 0 Å². The minimum Gasteiger partial charge on any atom is -0.317 e. The third-order valence-corrected chi connectivity index (χ3v) is 5.49. The number of pyridine rings is 1. The number of aromatic amines is 1. The molecule has 3 aliphatic rings. The van der Waals surface area contributed by atoms with Crippen LogP contribution in [0.3, 0.4) is 0 Å². The Hall–Kier alpha value is -1.80. The zero-order chi connectivity index (χ0) is 37.1. The second-order valence-corrected chi connectivity index (χ2v) is 8.57. The van der Waals surface area contributed by atoms with E-state index in [9.17, 15) is 0 Å². The van der Waals surface area contributed by atoms with Gasteiger partial charge in [-0.05, 0) is 91.2 Å². The van der Waals surface area contributed by atoms with Crippen LogP contribution < -0.4 is 5.32 Å². The highest BCUT2D eigenvalue weighted by atomic mass is 15.2. The number of rotatable bonds is 0. The van der Waals surface area contributed by atoms with Gasteiger partial charge >= 0.3 is 0 Å². The minimum atomic E-state index is 1.23. The van der Waals surface area contributed by atoms with Gasteiger partial charge in [0.25, 0.3) is 0 Å². The van der Waals surface area contributed by atoms with Crippen LogP contribution in [0.2, 0.25) is 0 Å². The van der Waals surface area contributed by atoms with E-state index in [2.05, 4.69) is 56.3 Å². The number of H-pyrrole nitrogens is 1. The molecule has 0 unspecified atom stereocenters. The van der Waals surface area contributed by atoms with Gasteiger partial charge in [0.1, 0.15) is 0 Å². The highest BCUT2D eigenvalue weighted by Gasteiger charge is 2.07. The smallest absolute Gasteiger partial charge is 0.0487 e. The lowest BCUT2D eigenvalue weighted by molar-refractivity contribution is 0.181. The molecule has 0 atom stereocenters. The van der Waals surface area contributed by atoms with Crippen molar-refractivity contribution in [1.29, 1.82) is 0 Å². The van der Waals surface area contributed by atoms with Crippen LogP contribution in [0.1, 0.15) is 135 Å². The SMILES string of the molecule is C1CCNCC1.CC.CC.CC.CC.CC.CC.CC.CN1CCCCC1.CN1CCN(C)CC1.c1ccncc1.c1cn[nH]c1. The van der Waals surface area contributed by atoms with Gasteiger partial charge in [0.15, 0.2) is 0 Å². The summed E-state index contributed by atoms with van der Waals surface area (Å²) in [5.41, 5.74) is 0. The lowest BCUT2D eigenvalue weighted by atomic mass is 10.1. The van der Waals surface area contributed by atoms with E-state index < -0.39 is 0 Å². The van der Waals surface area contributed by atoms with Gasteiger partial charge in [-0.25, -0.2) is 0 Å². The van der Waals surface area contributed by atoms with Crippen LogP contribution in [0.25, 0.3) is 0 Å². The summed E-state index contributed by atoms with van der Waals surface area (Å²) in [6.07, 6.45) is 15.4. The topological polar surface area (TPSA) is 63.3 Å². The summed E-state index contributed by atoms with van der Waals surface area (Å²) in [6.45, 7) is 38.1. The Morgan fingerprint density at radius 2 is 0.783 bits per heavy atom. The van der Waals surface area contributed by atoms with Crippen LogP contribution in [-0.2, 0) is 0 Å². The summed E-state index contributed by atoms with van der Waals surface area (Å²) >= 11 is 0. The molecule has 5 rings (SSSR count). The van der Waals surface area contributed by atoms with Crippen molar-refractivity contribution in [3.05, 3.63) is 49.1 Å². The molecule has 5 heterocycles. The molecule has 280 valence electrons. The molecule has 2 aromatic rings. The van der Waals surface area contributed by atoms with E-state index in [4.69, 9.17) is 0 Å². The lowest BCUT2D eigenvalue weighted by Gasteiger charge is -2.28. The fourth-order valence-electron chi connectivity index (χ4n) is 3.29. The molecule has 3 saturated heterocycles. The molecule has 3 aliphatic heterocycles. The Kier molecular flexibility index (Phi) is 90.4. The maximum Gasteiger partial charge on any atom is 0.0487 e. The average Bonchev–Trinajstić information content (AvgIpc) is 3.79. The van der Waals surface area contributed by atoms with Gasteiger partial charge in [-0.2, -0.15) is 5.10 Å². The maximum atomic E-state index is 3.78. The van der Waals surface area contributed by atoms with Gasteiger partial charge < -0.3 is 20.0 Å². The van der Waals surface area contributed by atoms with Crippen molar-refractivity contribution in [1.82, 2.24) is 35.2 Å². The number of hydrogen-bond acceptors (Lipinski definition) is 6. The molecule has 0 saturated carbocycles. The molecule has 7 nitrogen and oxygen atoms in total. The van der Waals surface area contributed by atoms with E-state index in [0.717, 1.165) is 0 Å². The average molecular weight is 656 g/mol. The van der Waals surface area contributed by atoms with Gasteiger partial charge in [0.05, 0.1) is 0 Å². The number of hydrogen-bond donors (Lipinski definition) is 2. The highest BCUT2D eigenvalue weighted by molar-refractivity contribution is 4.88. The predicted molar refractivity (Wildman–Crippen MR) is 215 cm³/mol. The van der Waals surface area contributed by atoms with Crippen molar-refractivity contribution in [2.24, 2.45) is 0 Å². The van der Waals surface area contributed by atoms with Gasteiger partial charge in [0, 0.05) is 51.0 Å². The molecule has 0 bridgehead atoms. The fraction of sp³-hybridized carbons (Fsp3) is 0.795. The number of likely N-dealkylation sites (tertiary alicyclic amines) is 1. The van der Waals surface area contributed by atoms with E-state index in [-0.39, 0.29) is 0 Å². The third-order valence-electron chi connectivity index (χ3n) is 5.49. The molecular weight excluding hydrogens is 566 g/mol. The van der Waals surface area contributed by atoms with Gasteiger partial charge in [-0.3, -0.25) is 10.1 Å². The molecule has 0 aliphatic carbocycles. The normalized spacial score (nSPS) is 14.4. The molecule has 7 heteroatoms. The molecule has 0 amide bonds. The summed E-state index contributed by atoms with van der Waals surface area (Å²) in [4.78, 5) is 10.9. The van der Waals surface area contributed by atoms with Crippen LogP contribution in [0.15, 0.2) is 49.1 Å². The zero-order valence-electron chi connectivity index (χ0n) is 34.8. The van der Waals surface area contributed by atoms with Crippen molar-refractivity contribution in [3.63, 3.8) is 0 Å². The Morgan fingerprint density at radius 3 is 0.935 bits per heavy atom.